The summed E-state index contributed by atoms with van der Waals surface area (Å²) >= 11 is 6.22. The van der Waals surface area contributed by atoms with Crippen molar-refractivity contribution in [3.63, 3.8) is 0 Å². The number of halogens is 2. The zero-order valence-electron chi connectivity index (χ0n) is 15.7. The lowest BCUT2D eigenvalue weighted by Crippen LogP contribution is -1.97. The average molecular weight is 419 g/mol. The van der Waals surface area contributed by atoms with Crippen molar-refractivity contribution in [2.75, 3.05) is 5.73 Å². The first kappa shape index (κ1) is 19.6. The van der Waals surface area contributed by atoms with Gasteiger partial charge in [-0.2, -0.15) is 4.39 Å². The second kappa shape index (κ2) is 7.97. The molecule has 2 N–H and O–H groups in total. The van der Waals surface area contributed by atoms with Crippen molar-refractivity contribution in [3.8, 4) is 33.4 Å². The molecule has 0 aliphatic rings. The van der Waals surface area contributed by atoms with Crippen LogP contribution in [0, 0.1) is 15.9 Å². The fourth-order valence-electron chi connectivity index (χ4n) is 3.55. The molecule has 0 fully saturated rings. The Morgan fingerprint density at radius 2 is 1.13 bits per heavy atom. The van der Waals surface area contributed by atoms with Gasteiger partial charge < -0.3 is 5.73 Å². The summed E-state index contributed by atoms with van der Waals surface area (Å²) in [6, 6.07) is 24.4. The Labute approximate surface area is 177 Å². The molecule has 4 nitrogen and oxygen atoms in total. The number of hydrogen-bond acceptors (Lipinski definition) is 3. The molecule has 0 aromatic heterocycles. The Morgan fingerprint density at radius 1 is 0.700 bits per heavy atom. The van der Waals surface area contributed by atoms with Gasteiger partial charge in [0.25, 0.3) is 0 Å². The third-order valence-corrected chi connectivity index (χ3v) is 5.28. The van der Waals surface area contributed by atoms with Gasteiger partial charge in [-0.15, -0.1) is 0 Å². The van der Waals surface area contributed by atoms with Crippen LogP contribution in [0.5, 0.6) is 0 Å². The van der Waals surface area contributed by atoms with Crippen LogP contribution in [-0.2, 0) is 0 Å². The van der Waals surface area contributed by atoms with E-state index in [9.17, 15) is 14.5 Å². The van der Waals surface area contributed by atoms with Gasteiger partial charge in [-0.3, -0.25) is 10.1 Å². The van der Waals surface area contributed by atoms with Gasteiger partial charge in [0.1, 0.15) is 0 Å². The number of nitrogens with zero attached hydrogens (tertiary/aromatic N) is 1. The van der Waals surface area contributed by atoms with Gasteiger partial charge in [0.15, 0.2) is 0 Å². The fourth-order valence-corrected chi connectivity index (χ4v) is 3.72. The summed E-state index contributed by atoms with van der Waals surface area (Å²) in [5.41, 5.74) is 9.95. The minimum Gasteiger partial charge on any atom is -0.397 e. The van der Waals surface area contributed by atoms with Gasteiger partial charge in [0.05, 0.1) is 15.6 Å². The molecule has 4 rings (SSSR count). The number of nitrogen functional groups attached to an aromatic ring is 1. The molecule has 0 saturated heterocycles. The van der Waals surface area contributed by atoms with E-state index in [1.165, 1.54) is 12.1 Å². The Kier molecular flexibility index (Phi) is 5.21. The summed E-state index contributed by atoms with van der Waals surface area (Å²) in [6.45, 7) is 0. The number of para-hydroxylation sites is 1. The Hall–Kier alpha value is -3.70. The molecule has 148 valence electrons. The normalized spacial score (nSPS) is 10.7. The maximum Gasteiger partial charge on any atom is 0.305 e. The first-order valence-electron chi connectivity index (χ1n) is 9.15. The highest BCUT2D eigenvalue weighted by atomic mass is 35.5. The minimum atomic E-state index is -0.866. The minimum absolute atomic E-state index is 0.161. The molecule has 0 aliphatic heterocycles. The molecule has 0 amide bonds. The molecule has 0 saturated carbocycles. The van der Waals surface area contributed by atoms with E-state index >= 15 is 0 Å². The third kappa shape index (κ3) is 3.40. The summed E-state index contributed by atoms with van der Waals surface area (Å²) in [5, 5.41) is 11.7. The molecule has 0 aliphatic carbocycles. The van der Waals surface area contributed by atoms with Gasteiger partial charge in [-0.25, -0.2) is 0 Å². The van der Waals surface area contributed by atoms with Gasteiger partial charge in [0, 0.05) is 17.2 Å². The molecule has 0 radical (unpaired) electrons. The first-order chi connectivity index (χ1) is 14.5. The molecule has 0 spiro atoms. The van der Waals surface area contributed by atoms with E-state index in [0.717, 1.165) is 28.3 Å². The monoisotopic (exact) mass is 418 g/mol. The SMILES string of the molecule is Nc1c(Cl)cccc1-c1ccccc1-c1ccccc1-c1cccc([N+](=O)[O-])c1F. The molecule has 30 heavy (non-hydrogen) atoms. The van der Waals surface area contributed by atoms with Crippen molar-refractivity contribution in [3.05, 3.63) is 106 Å². The second-order valence-electron chi connectivity index (χ2n) is 6.69. The predicted octanol–water partition coefficient (Wildman–Crippen LogP) is 6.97. The van der Waals surface area contributed by atoms with Crippen LogP contribution in [0.4, 0.5) is 15.8 Å². The predicted molar refractivity (Wildman–Crippen MR) is 119 cm³/mol. The molecule has 0 atom stereocenters. The number of benzene rings is 4. The zero-order chi connectivity index (χ0) is 21.3. The summed E-state index contributed by atoms with van der Waals surface area (Å²) in [7, 11) is 0. The van der Waals surface area contributed by atoms with Crippen LogP contribution in [0.25, 0.3) is 33.4 Å². The van der Waals surface area contributed by atoms with Gasteiger partial charge in [-0.05, 0) is 28.3 Å². The molecule has 4 aromatic carbocycles. The van der Waals surface area contributed by atoms with Crippen LogP contribution in [-0.4, -0.2) is 4.92 Å². The van der Waals surface area contributed by atoms with Gasteiger partial charge >= 0.3 is 5.69 Å². The maximum atomic E-state index is 15.0. The lowest BCUT2D eigenvalue weighted by molar-refractivity contribution is -0.387. The molecule has 4 aromatic rings. The summed E-state index contributed by atoms with van der Waals surface area (Å²) in [4.78, 5) is 10.5. The number of anilines is 1. The molecule has 6 heteroatoms. The average Bonchev–Trinajstić information content (AvgIpc) is 2.76. The number of rotatable bonds is 4. The smallest absolute Gasteiger partial charge is 0.305 e. The van der Waals surface area contributed by atoms with Crippen molar-refractivity contribution >= 4 is 23.0 Å². The largest absolute Gasteiger partial charge is 0.397 e. The molecule has 0 unspecified atom stereocenters. The van der Waals surface area contributed by atoms with E-state index in [0.29, 0.717) is 16.3 Å². The highest BCUT2D eigenvalue weighted by molar-refractivity contribution is 6.33. The zero-order valence-corrected chi connectivity index (χ0v) is 16.4. The van der Waals surface area contributed by atoms with Crippen LogP contribution < -0.4 is 5.73 Å². The van der Waals surface area contributed by atoms with Crippen LogP contribution >= 0.6 is 11.6 Å². The standard InChI is InChI=1S/C24H16ClFN2O2/c25-21-13-5-12-20(24(21)27)18-10-4-2-8-16(18)15-7-1-3-9-17(15)19-11-6-14-22(23(19)26)28(29)30/h1-14H,27H2. The maximum absolute atomic E-state index is 15.0. The van der Waals surface area contributed by atoms with Gasteiger partial charge in [-0.1, -0.05) is 84.4 Å². The van der Waals surface area contributed by atoms with E-state index in [1.54, 1.807) is 18.2 Å². The van der Waals surface area contributed by atoms with Gasteiger partial charge in [0.2, 0.25) is 5.82 Å². The lowest BCUT2D eigenvalue weighted by Gasteiger charge is -2.16. The number of hydrogen-bond donors (Lipinski definition) is 1. The summed E-state index contributed by atoms with van der Waals surface area (Å²) < 4.78 is 15.0. The topological polar surface area (TPSA) is 69.2 Å². The van der Waals surface area contributed by atoms with Crippen molar-refractivity contribution in [1.29, 1.82) is 0 Å². The van der Waals surface area contributed by atoms with Crippen LogP contribution in [0.2, 0.25) is 5.02 Å². The first-order valence-corrected chi connectivity index (χ1v) is 9.53. The Morgan fingerprint density at radius 3 is 1.70 bits per heavy atom. The third-order valence-electron chi connectivity index (χ3n) is 4.95. The highest BCUT2D eigenvalue weighted by Crippen LogP contribution is 2.42. The van der Waals surface area contributed by atoms with Crippen LogP contribution in [0.15, 0.2) is 84.9 Å². The summed E-state index contributed by atoms with van der Waals surface area (Å²) in [6.07, 6.45) is 0. The van der Waals surface area contributed by atoms with Crippen molar-refractivity contribution in [1.82, 2.24) is 0 Å². The summed E-state index contributed by atoms with van der Waals surface area (Å²) in [5.74, 6) is -0.866. The van der Waals surface area contributed by atoms with Crippen LogP contribution in [0.1, 0.15) is 0 Å². The quantitative estimate of drug-likeness (QED) is 0.221. The van der Waals surface area contributed by atoms with E-state index < -0.39 is 16.4 Å². The second-order valence-corrected chi connectivity index (χ2v) is 7.10. The molecular formula is C24H16ClFN2O2. The fraction of sp³-hybridized carbons (Fsp3) is 0. The molecular weight excluding hydrogens is 403 g/mol. The highest BCUT2D eigenvalue weighted by Gasteiger charge is 2.21. The van der Waals surface area contributed by atoms with E-state index in [-0.39, 0.29) is 5.56 Å². The molecule has 0 heterocycles. The number of nitrogens with two attached hydrogens (primary N) is 1. The van der Waals surface area contributed by atoms with E-state index in [4.69, 9.17) is 17.3 Å². The Bertz CT molecular complexity index is 1270. The van der Waals surface area contributed by atoms with Crippen LogP contribution in [0.3, 0.4) is 0 Å². The van der Waals surface area contributed by atoms with E-state index in [1.807, 2.05) is 48.5 Å². The van der Waals surface area contributed by atoms with Crippen molar-refractivity contribution in [2.45, 2.75) is 0 Å². The molecule has 0 bridgehead atoms. The number of nitro benzene ring substituents is 1. The van der Waals surface area contributed by atoms with E-state index in [2.05, 4.69) is 0 Å². The Balaban J connectivity index is 1.98. The van der Waals surface area contributed by atoms with Crippen molar-refractivity contribution in [2.24, 2.45) is 0 Å². The lowest BCUT2D eigenvalue weighted by atomic mass is 9.88. The van der Waals surface area contributed by atoms with Crippen molar-refractivity contribution < 1.29 is 9.31 Å². The number of nitro groups is 1.